The fourth-order valence-electron chi connectivity index (χ4n) is 1.42. The van der Waals surface area contributed by atoms with Crippen molar-refractivity contribution in [2.24, 2.45) is 7.05 Å². The smallest absolute Gasteiger partial charge is 0.255 e. The molecular formula is C7H9FN2O2S. The highest BCUT2D eigenvalue weighted by Crippen LogP contribution is 2.42. The topological polar surface area (TPSA) is 52.0 Å². The molecule has 0 N–H and O–H groups in total. The quantitative estimate of drug-likeness (QED) is 0.674. The highest BCUT2D eigenvalue weighted by atomic mass is 32.3. The van der Waals surface area contributed by atoms with Crippen LogP contribution in [0.2, 0.25) is 0 Å². The first-order valence-electron chi connectivity index (χ1n) is 3.96. The van der Waals surface area contributed by atoms with Gasteiger partial charge in [0.05, 0.1) is 6.20 Å². The maximum Gasteiger partial charge on any atom is 0.349 e. The fraction of sp³-hybridized carbons (Fsp3) is 0.571. The first-order valence-corrected chi connectivity index (χ1v) is 5.35. The molecule has 1 aromatic rings. The third kappa shape index (κ3) is 1.46. The van der Waals surface area contributed by atoms with E-state index >= 15 is 0 Å². The molecule has 0 amide bonds. The van der Waals surface area contributed by atoms with Gasteiger partial charge in [-0.2, -0.15) is 13.5 Å². The molecule has 4 nitrogen and oxygen atoms in total. The average molecular weight is 204 g/mol. The third-order valence-corrected chi connectivity index (χ3v) is 3.12. The van der Waals surface area contributed by atoms with Crippen molar-refractivity contribution in [3.8, 4) is 0 Å². The fourth-order valence-corrected chi connectivity index (χ4v) is 2.28. The standard InChI is InChI=1S/C7H9FN2O2S/c1-10-7(13(8,11)12)6(4-9-10)5-2-3-5/h4-5H,2-3H2,1H3. The minimum Gasteiger partial charge on any atom is -0.255 e. The summed E-state index contributed by atoms with van der Waals surface area (Å²) in [6.07, 6.45) is 3.28. The van der Waals surface area contributed by atoms with Crippen molar-refractivity contribution >= 4 is 10.2 Å². The number of rotatable bonds is 2. The monoisotopic (exact) mass is 204 g/mol. The van der Waals surface area contributed by atoms with E-state index in [4.69, 9.17) is 0 Å². The molecule has 1 fully saturated rings. The summed E-state index contributed by atoms with van der Waals surface area (Å²) in [4.78, 5) is 0. The van der Waals surface area contributed by atoms with Gasteiger partial charge in [0.2, 0.25) is 0 Å². The molecular weight excluding hydrogens is 195 g/mol. The molecule has 0 bridgehead atoms. The highest BCUT2D eigenvalue weighted by molar-refractivity contribution is 7.86. The molecule has 2 rings (SSSR count). The average Bonchev–Trinajstić information content (AvgIpc) is 2.73. The summed E-state index contributed by atoms with van der Waals surface area (Å²) in [5.74, 6) is 0.189. The highest BCUT2D eigenvalue weighted by Gasteiger charge is 2.33. The van der Waals surface area contributed by atoms with Crippen LogP contribution in [0.5, 0.6) is 0 Å². The van der Waals surface area contributed by atoms with Crippen LogP contribution in [-0.4, -0.2) is 18.2 Å². The van der Waals surface area contributed by atoms with Crippen molar-refractivity contribution in [3.05, 3.63) is 11.8 Å². The van der Waals surface area contributed by atoms with E-state index in [1.165, 1.54) is 13.2 Å². The molecule has 72 valence electrons. The van der Waals surface area contributed by atoms with Crippen molar-refractivity contribution in [2.45, 2.75) is 23.8 Å². The first-order chi connectivity index (χ1) is 6.00. The van der Waals surface area contributed by atoms with E-state index in [-0.39, 0.29) is 10.9 Å². The van der Waals surface area contributed by atoms with Gasteiger partial charge in [0.25, 0.3) is 0 Å². The van der Waals surface area contributed by atoms with Gasteiger partial charge in [-0.25, -0.2) is 0 Å². The number of hydrogen-bond donors (Lipinski definition) is 0. The summed E-state index contributed by atoms with van der Waals surface area (Å²) < 4.78 is 35.3. The molecule has 0 aromatic carbocycles. The Morgan fingerprint density at radius 2 is 2.23 bits per heavy atom. The molecule has 0 aliphatic heterocycles. The number of halogens is 1. The van der Waals surface area contributed by atoms with Crippen molar-refractivity contribution in [2.75, 3.05) is 0 Å². The molecule has 0 radical (unpaired) electrons. The second-order valence-electron chi connectivity index (χ2n) is 3.24. The Hall–Kier alpha value is -0.910. The van der Waals surface area contributed by atoms with Crippen molar-refractivity contribution < 1.29 is 12.3 Å². The van der Waals surface area contributed by atoms with E-state index in [0.29, 0.717) is 5.56 Å². The molecule has 1 heterocycles. The predicted octanol–water partition coefficient (Wildman–Crippen LogP) is 0.956. The Kier molecular flexibility index (Phi) is 1.69. The van der Waals surface area contributed by atoms with E-state index in [2.05, 4.69) is 5.10 Å². The van der Waals surface area contributed by atoms with E-state index < -0.39 is 10.2 Å². The van der Waals surface area contributed by atoms with Crippen LogP contribution >= 0.6 is 0 Å². The molecule has 1 aliphatic carbocycles. The molecule has 1 aliphatic rings. The van der Waals surface area contributed by atoms with Gasteiger partial charge in [-0.3, -0.25) is 4.68 Å². The van der Waals surface area contributed by atoms with Gasteiger partial charge in [-0.1, -0.05) is 3.89 Å². The van der Waals surface area contributed by atoms with Crippen molar-refractivity contribution in [3.63, 3.8) is 0 Å². The Morgan fingerprint density at radius 1 is 1.62 bits per heavy atom. The lowest BCUT2D eigenvalue weighted by molar-refractivity contribution is 0.532. The number of nitrogens with zero attached hydrogens (tertiary/aromatic N) is 2. The van der Waals surface area contributed by atoms with Crippen LogP contribution in [0.3, 0.4) is 0 Å². The SMILES string of the molecule is Cn1ncc(C2CC2)c1S(=O)(=O)F. The maximum atomic E-state index is 12.8. The minimum atomic E-state index is -4.63. The zero-order valence-corrected chi connectivity index (χ0v) is 7.88. The number of aromatic nitrogens is 2. The van der Waals surface area contributed by atoms with Crippen LogP contribution in [0.25, 0.3) is 0 Å². The first kappa shape index (κ1) is 8.68. The summed E-state index contributed by atoms with van der Waals surface area (Å²) in [7, 11) is -3.20. The summed E-state index contributed by atoms with van der Waals surface area (Å²) in [6.45, 7) is 0. The molecule has 13 heavy (non-hydrogen) atoms. The van der Waals surface area contributed by atoms with Crippen LogP contribution in [0, 0.1) is 0 Å². The largest absolute Gasteiger partial charge is 0.349 e. The summed E-state index contributed by atoms with van der Waals surface area (Å²) in [5.41, 5.74) is 0.519. The molecule has 0 atom stereocenters. The second-order valence-corrected chi connectivity index (χ2v) is 4.50. The van der Waals surface area contributed by atoms with E-state index in [9.17, 15) is 12.3 Å². The second kappa shape index (κ2) is 2.54. The normalized spacial score (nSPS) is 17.7. The van der Waals surface area contributed by atoms with Crippen LogP contribution < -0.4 is 0 Å². The predicted molar refractivity (Wildman–Crippen MR) is 43.5 cm³/mol. The van der Waals surface area contributed by atoms with Gasteiger partial charge in [-0.05, 0) is 18.8 Å². The Bertz CT molecular complexity index is 433. The lowest BCUT2D eigenvalue weighted by Gasteiger charge is -1.98. The molecule has 1 aromatic heterocycles. The lowest BCUT2D eigenvalue weighted by atomic mass is 10.2. The van der Waals surface area contributed by atoms with E-state index in [1.54, 1.807) is 0 Å². The van der Waals surface area contributed by atoms with Gasteiger partial charge in [0, 0.05) is 12.6 Å². The number of hydrogen-bond acceptors (Lipinski definition) is 3. The summed E-state index contributed by atoms with van der Waals surface area (Å²) in [6, 6.07) is 0. The number of aryl methyl sites for hydroxylation is 1. The minimum absolute atomic E-state index is 0.189. The van der Waals surface area contributed by atoms with Gasteiger partial charge in [-0.15, -0.1) is 0 Å². The third-order valence-electron chi connectivity index (χ3n) is 2.16. The zero-order chi connectivity index (χ0) is 9.64. The van der Waals surface area contributed by atoms with Crippen LogP contribution in [0.4, 0.5) is 3.89 Å². The van der Waals surface area contributed by atoms with Crippen molar-refractivity contribution in [1.82, 2.24) is 9.78 Å². The maximum absolute atomic E-state index is 12.8. The van der Waals surface area contributed by atoms with Crippen molar-refractivity contribution in [1.29, 1.82) is 0 Å². The molecule has 1 saturated carbocycles. The Labute approximate surface area is 75.6 Å². The van der Waals surface area contributed by atoms with Crippen LogP contribution in [0.1, 0.15) is 24.3 Å². The molecule has 0 spiro atoms. The van der Waals surface area contributed by atoms with Gasteiger partial charge in [0.15, 0.2) is 5.03 Å². The van der Waals surface area contributed by atoms with Gasteiger partial charge >= 0.3 is 10.2 Å². The Morgan fingerprint density at radius 3 is 2.69 bits per heavy atom. The molecule has 0 unspecified atom stereocenters. The molecule has 6 heteroatoms. The lowest BCUT2D eigenvalue weighted by Crippen LogP contribution is -2.04. The van der Waals surface area contributed by atoms with Crippen LogP contribution in [0.15, 0.2) is 11.2 Å². The summed E-state index contributed by atoms with van der Waals surface area (Å²) >= 11 is 0. The van der Waals surface area contributed by atoms with E-state index in [0.717, 1.165) is 17.5 Å². The van der Waals surface area contributed by atoms with E-state index in [1.807, 2.05) is 0 Å². The molecule has 0 saturated heterocycles. The van der Waals surface area contributed by atoms with Crippen LogP contribution in [-0.2, 0) is 17.3 Å². The van der Waals surface area contributed by atoms with Gasteiger partial charge < -0.3 is 0 Å². The van der Waals surface area contributed by atoms with Gasteiger partial charge in [0.1, 0.15) is 0 Å². The summed E-state index contributed by atoms with van der Waals surface area (Å²) in [5, 5.41) is 3.46. The Balaban J connectivity index is 2.59. The zero-order valence-electron chi connectivity index (χ0n) is 7.07.